The predicted octanol–water partition coefficient (Wildman–Crippen LogP) is 3.70. The molecule has 2 aromatic carbocycles. The van der Waals surface area contributed by atoms with Gasteiger partial charge in [-0.1, -0.05) is 12.1 Å². The second-order valence-corrected chi connectivity index (χ2v) is 9.36. The molecule has 0 saturated carbocycles. The Morgan fingerprint density at radius 1 is 1.03 bits per heavy atom. The zero-order valence-electron chi connectivity index (χ0n) is 21.0. The number of anilines is 1. The van der Waals surface area contributed by atoms with Crippen molar-refractivity contribution < 1.29 is 19.1 Å². The Hall–Kier alpha value is -4.63. The number of aromatic nitrogens is 3. The molecule has 0 aliphatic carbocycles. The van der Waals surface area contributed by atoms with Gasteiger partial charge in [0.2, 0.25) is 11.7 Å². The first-order valence-corrected chi connectivity index (χ1v) is 12.4. The molecule has 0 unspecified atom stereocenters. The van der Waals surface area contributed by atoms with Crippen molar-refractivity contribution in [2.24, 2.45) is 7.05 Å². The number of fused-ring (bicyclic) bond motifs is 2. The lowest BCUT2D eigenvalue weighted by molar-refractivity contribution is -0.116. The van der Waals surface area contributed by atoms with E-state index >= 15 is 0 Å². The highest BCUT2D eigenvalue weighted by atomic mass is 16.5. The Bertz CT molecular complexity index is 1650. The van der Waals surface area contributed by atoms with Crippen LogP contribution in [0.5, 0.6) is 0 Å². The molecule has 1 fully saturated rings. The zero-order valence-corrected chi connectivity index (χ0v) is 21.0. The molecule has 0 bridgehead atoms. The minimum Gasteiger partial charge on any atom is -0.378 e. The first kappa shape index (κ1) is 23.7. The number of rotatable bonds is 3. The number of Topliss-reactive ketones (excluding diaryl/α,β-unsaturated/α-hetero) is 1. The van der Waals surface area contributed by atoms with Crippen LogP contribution in [0.15, 0.2) is 66.6 Å². The molecule has 9 nitrogen and oxygen atoms in total. The number of benzene rings is 2. The smallest absolute Gasteiger partial charge is 0.254 e. The van der Waals surface area contributed by atoms with Crippen LogP contribution in [0.25, 0.3) is 28.1 Å². The number of aryl methyl sites for hydroxylation is 1. The molecule has 1 saturated heterocycles. The largest absolute Gasteiger partial charge is 0.378 e. The molecule has 4 aromatic rings. The maximum atomic E-state index is 13.3. The van der Waals surface area contributed by atoms with E-state index in [1.807, 2.05) is 31.4 Å². The summed E-state index contributed by atoms with van der Waals surface area (Å²) in [4.78, 5) is 47.0. The van der Waals surface area contributed by atoms with E-state index in [4.69, 9.17) is 9.72 Å². The van der Waals surface area contributed by atoms with Crippen LogP contribution >= 0.6 is 0 Å². The molecule has 4 heterocycles. The van der Waals surface area contributed by atoms with Crippen LogP contribution in [0, 0.1) is 0 Å². The Kier molecular flexibility index (Phi) is 5.84. The summed E-state index contributed by atoms with van der Waals surface area (Å²) >= 11 is 0. The third-order valence-electron chi connectivity index (χ3n) is 6.85. The van der Waals surface area contributed by atoms with Crippen molar-refractivity contribution in [2.75, 3.05) is 31.2 Å². The molecule has 2 amide bonds. The number of carbonyl (C=O) groups is 3. The van der Waals surface area contributed by atoms with Crippen molar-refractivity contribution in [2.45, 2.75) is 6.92 Å². The summed E-state index contributed by atoms with van der Waals surface area (Å²) in [5, 5.41) is 5.12. The molecule has 9 heteroatoms. The first-order chi connectivity index (χ1) is 18.4. The van der Waals surface area contributed by atoms with Gasteiger partial charge in [0.1, 0.15) is 0 Å². The van der Waals surface area contributed by atoms with Crippen LogP contribution in [0.4, 0.5) is 5.69 Å². The van der Waals surface area contributed by atoms with Crippen LogP contribution in [0.1, 0.15) is 33.3 Å². The van der Waals surface area contributed by atoms with Gasteiger partial charge >= 0.3 is 0 Å². The number of pyridine rings is 1. The molecular formula is C29H25N5O4. The van der Waals surface area contributed by atoms with Gasteiger partial charge in [-0.25, -0.2) is 4.98 Å². The van der Waals surface area contributed by atoms with E-state index in [-0.39, 0.29) is 23.3 Å². The van der Waals surface area contributed by atoms with Crippen molar-refractivity contribution in [1.82, 2.24) is 19.7 Å². The van der Waals surface area contributed by atoms with Gasteiger partial charge in [-0.15, -0.1) is 0 Å². The minimum absolute atomic E-state index is 0.0510. The number of carbonyl (C=O) groups excluding carboxylic acids is 3. The average molecular weight is 508 g/mol. The van der Waals surface area contributed by atoms with Crippen LogP contribution < -0.4 is 4.90 Å². The molecule has 0 radical (unpaired) electrons. The van der Waals surface area contributed by atoms with Gasteiger partial charge in [0.15, 0.2) is 0 Å². The van der Waals surface area contributed by atoms with Crippen LogP contribution in [0.2, 0.25) is 0 Å². The lowest BCUT2D eigenvalue weighted by Gasteiger charge is -2.27. The molecule has 38 heavy (non-hydrogen) atoms. The molecule has 0 N–H and O–H groups in total. The van der Waals surface area contributed by atoms with Gasteiger partial charge in [0.05, 0.1) is 42.0 Å². The van der Waals surface area contributed by atoms with Crippen LogP contribution in [0.3, 0.4) is 0 Å². The molecule has 2 aliphatic heterocycles. The number of allylic oxidation sites excluding steroid dienone is 1. The fourth-order valence-corrected chi connectivity index (χ4v) is 5.04. The Morgan fingerprint density at radius 2 is 1.82 bits per heavy atom. The maximum Gasteiger partial charge on any atom is 0.254 e. The number of para-hydroxylation sites is 1. The van der Waals surface area contributed by atoms with E-state index in [0.29, 0.717) is 54.3 Å². The SMILES string of the molecule is CC(=O)N1/C(=C/c2cc(-c3cnn(C)c3)c3cc(C(=O)N4CCOCC4)ccc3n2)C(=O)c2ccccc21. The van der Waals surface area contributed by atoms with Gasteiger partial charge in [-0.2, -0.15) is 5.10 Å². The summed E-state index contributed by atoms with van der Waals surface area (Å²) in [6.45, 7) is 3.60. The van der Waals surface area contributed by atoms with Crippen molar-refractivity contribution in [3.8, 4) is 11.1 Å². The fourth-order valence-electron chi connectivity index (χ4n) is 5.04. The molecule has 190 valence electrons. The standard InChI is InChI=1S/C29H25N5O4/c1-18(35)34-26-6-4-3-5-22(26)28(36)27(34)15-21-14-23(20-16-30-32(2)17-20)24-13-19(7-8-25(24)31-21)29(37)33-9-11-38-12-10-33/h3-8,13-17H,9-12H2,1-2H3/b27-15+. The summed E-state index contributed by atoms with van der Waals surface area (Å²) < 4.78 is 7.09. The van der Waals surface area contributed by atoms with E-state index in [0.717, 1.165) is 16.5 Å². The van der Waals surface area contributed by atoms with Crippen molar-refractivity contribution in [3.05, 3.63) is 83.4 Å². The zero-order chi connectivity index (χ0) is 26.4. The average Bonchev–Trinajstić information content (AvgIpc) is 3.49. The lowest BCUT2D eigenvalue weighted by Crippen LogP contribution is -2.40. The lowest BCUT2D eigenvalue weighted by atomic mass is 10.00. The molecule has 0 atom stereocenters. The maximum absolute atomic E-state index is 13.3. The number of amides is 2. The summed E-state index contributed by atoms with van der Waals surface area (Å²) in [7, 11) is 1.84. The van der Waals surface area contributed by atoms with Gasteiger partial charge in [0, 0.05) is 55.3 Å². The van der Waals surface area contributed by atoms with E-state index < -0.39 is 0 Å². The number of ether oxygens (including phenoxy) is 1. The van der Waals surface area contributed by atoms with Crippen LogP contribution in [-0.4, -0.2) is 63.6 Å². The number of ketones is 1. The third kappa shape index (κ3) is 4.06. The second-order valence-electron chi connectivity index (χ2n) is 9.36. The Morgan fingerprint density at radius 3 is 2.55 bits per heavy atom. The number of hydrogen-bond donors (Lipinski definition) is 0. The highest BCUT2D eigenvalue weighted by Crippen LogP contribution is 2.36. The highest BCUT2D eigenvalue weighted by molar-refractivity contribution is 6.26. The summed E-state index contributed by atoms with van der Waals surface area (Å²) in [6, 6.07) is 14.4. The number of hydrogen-bond acceptors (Lipinski definition) is 6. The van der Waals surface area contributed by atoms with Crippen molar-refractivity contribution in [1.29, 1.82) is 0 Å². The summed E-state index contributed by atoms with van der Waals surface area (Å²) in [6.07, 6.45) is 5.29. The molecular weight excluding hydrogens is 482 g/mol. The summed E-state index contributed by atoms with van der Waals surface area (Å²) in [5.74, 6) is -0.536. The Balaban J connectivity index is 1.49. The topological polar surface area (TPSA) is 97.6 Å². The normalized spacial score (nSPS) is 16.4. The third-order valence-corrected chi connectivity index (χ3v) is 6.85. The molecule has 2 aromatic heterocycles. The van der Waals surface area contributed by atoms with E-state index in [9.17, 15) is 14.4 Å². The first-order valence-electron chi connectivity index (χ1n) is 12.4. The molecule has 6 rings (SSSR count). The van der Waals surface area contributed by atoms with E-state index in [1.54, 1.807) is 52.2 Å². The number of morpholine rings is 1. The molecule has 2 aliphatic rings. The predicted molar refractivity (Wildman–Crippen MR) is 143 cm³/mol. The summed E-state index contributed by atoms with van der Waals surface area (Å²) in [5.41, 5.74) is 4.72. The van der Waals surface area contributed by atoms with Crippen molar-refractivity contribution >= 4 is 40.3 Å². The highest BCUT2D eigenvalue weighted by Gasteiger charge is 2.34. The number of nitrogens with zero attached hydrogens (tertiary/aromatic N) is 5. The van der Waals surface area contributed by atoms with Gasteiger partial charge in [0.25, 0.3) is 5.91 Å². The monoisotopic (exact) mass is 507 g/mol. The minimum atomic E-state index is -0.255. The van der Waals surface area contributed by atoms with Gasteiger partial charge in [-0.05, 0) is 48.0 Å². The van der Waals surface area contributed by atoms with Crippen LogP contribution in [-0.2, 0) is 16.6 Å². The Labute approximate surface area is 218 Å². The molecule has 0 spiro atoms. The van der Waals surface area contributed by atoms with Gasteiger partial charge < -0.3 is 9.64 Å². The second kappa shape index (κ2) is 9.35. The van der Waals surface area contributed by atoms with E-state index in [2.05, 4.69) is 5.10 Å². The quantitative estimate of drug-likeness (QED) is 0.392. The van der Waals surface area contributed by atoms with Gasteiger partial charge in [-0.3, -0.25) is 24.0 Å². The fraction of sp³-hybridized carbons (Fsp3) is 0.207. The van der Waals surface area contributed by atoms with E-state index in [1.165, 1.54) is 11.8 Å². The van der Waals surface area contributed by atoms with Crippen molar-refractivity contribution in [3.63, 3.8) is 0 Å².